The van der Waals surface area contributed by atoms with Gasteiger partial charge in [0, 0.05) is 18.7 Å². The Bertz CT molecular complexity index is 723. The van der Waals surface area contributed by atoms with E-state index in [1.807, 2.05) is 42.5 Å². The lowest BCUT2D eigenvalue weighted by atomic mass is 9.81. The topological polar surface area (TPSA) is 60.0 Å². The largest absolute Gasteiger partial charge is 0.497 e. The van der Waals surface area contributed by atoms with Crippen LogP contribution in [0.1, 0.15) is 29.7 Å². The van der Waals surface area contributed by atoms with E-state index in [1.165, 1.54) is 0 Å². The molecule has 1 heterocycles. The molecule has 0 aliphatic carbocycles. The molecule has 0 spiro atoms. The van der Waals surface area contributed by atoms with Gasteiger partial charge in [0.1, 0.15) is 17.1 Å². The predicted molar refractivity (Wildman–Crippen MR) is 96.2 cm³/mol. The first-order valence-electron chi connectivity index (χ1n) is 8.47. The Hall–Kier alpha value is -2.08. The van der Waals surface area contributed by atoms with Crippen molar-refractivity contribution in [3.05, 3.63) is 59.2 Å². The molecule has 1 saturated heterocycles. The highest BCUT2D eigenvalue weighted by Crippen LogP contribution is 2.43. The van der Waals surface area contributed by atoms with Crippen molar-refractivity contribution in [3.63, 3.8) is 0 Å². The zero-order valence-corrected chi connectivity index (χ0v) is 14.9. The summed E-state index contributed by atoms with van der Waals surface area (Å²) >= 11 is 0. The van der Waals surface area contributed by atoms with E-state index in [2.05, 4.69) is 5.32 Å². The Kier molecular flexibility index (Phi) is 5.27. The Labute approximate surface area is 148 Å². The third-order valence-corrected chi connectivity index (χ3v) is 4.69. The maximum atomic E-state index is 10.3. The second-order valence-electron chi connectivity index (χ2n) is 6.18. The highest BCUT2D eigenvalue weighted by Gasteiger charge is 2.41. The highest BCUT2D eigenvalue weighted by atomic mass is 16.5. The van der Waals surface area contributed by atoms with Gasteiger partial charge in [-0.25, -0.2) is 0 Å². The van der Waals surface area contributed by atoms with E-state index in [9.17, 15) is 5.11 Å². The Morgan fingerprint density at radius 1 is 1.12 bits per heavy atom. The third-order valence-electron chi connectivity index (χ3n) is 4.69. The summed E-state index contributed by atoms with van der Waals surface area (Å²) in [5.41, 5.74) is 1.90. The average Bonchev–Trinajstić information content (AvgIpc) is 2.68. The van der Waals surface area contributed by atoms with E-state index >= 15 is 0 Å². The lowest BCUT2D eigenvalue weighted by Crippen LogP contribution is -2.49. The second-order valence-corrected chi connectivity index (χ2v) is 6.18. The van der Waals surface area contributed by atoms with Crippen LogP contribution in [0.4, 0.5) is 0 Å². The molecule has 25 heavy (non-hydrogen) atoms. The highest BCUT2D eigenvalue weighted by molar-refractivity contribution is 5.51. The summed E-state index contributed by atoms with van der Waals surface area (Å²) in [6.45, 7) is 3.70. The second kappa shape index (κ2) is 7.44. The fourth-order valence-electron chi connectivity index (χ4n) is 3.46. The van der Waals surface area contributed by atoms with Crippen molar-refractivity contribution in [1.29, 1.82) is 0 Å². The van der Waals surface area contributed by atoms with Crippen LogP contribution in [0.5, 0.6) is 11.5 Å². The Balaban J connectivity index is 2.26. The molecule has 2 N–H and O–H groups in total. The number of methoxy groups -OCH3 is 2. The number of hydrogen-bond acceptors (Lipinski definition) is 5. The summed E-state index contributed by atoms with van der Waals surface area (Å²) in [7, 11) is 3.29. The number of aliphatic hydroxyl groups is 1. The maximum Gasteiger partial charge on any atom is 0.135 e. The van der Waals surface area contributed by atoms with Crippen LogP contribution >= 0.6 is 0 Å². The molecule has 1 aliphatic rings. The number of hydrogen-bond donors (Lipinski definition) is 2. The molecule has 3 rings (SSSR count). The number of rotatable bonds is 5. The summed E-state index contributed by atoms with van der Waals surface area (Å²) in [5, 5.41) is 13.7. The van der Waals surface area contributed by atoms with Crippen LogP contribution < -0.4 is 14.8 Å². The van der Waals surface area contributed by atoms with Gasteiger partial charge in [-0.05, 0) is 36.2 Å². The average molecular weight is 343 g/mol. The molecule has 0 aromatic heterocycles. The number of nitrogens with one attached hydrogen (secondary N) is 1. The molecule has 2 aromatic carbocycles. The molecular formula is C20H25NO4. The predicted octanol–water partition coefficient (Wildman–Crippen LogP) is 2.62. The van der Waals surface area contributed by atoms with Gasteiger partial charge in [-0.15, -0.1) is 0 Å². The first-order valence-corrected chi connectivity index (χ1v) is 8.47. The fourth-order valence-corrected chi connectivity index (χ4v) is 3.46. The van der Waals surface area contributed by atoms with Crippen LogP contribution in [0.25, 0.3) is 0 Å². The minimum Gasteiger partial charge on any atom is -0.497 e. The van der Waals surface area contributed by atoms with E-state index in [1.54, 1.807) is 21.1 Å². The molecule has 0 radical (unpaired) electrons. The molecule has 1 aliphatic heterocycles. The normalized spacial score (nSPS) is 21.6. The molecule has 0 amide bonds. The lowest BCUT2D eigenvalue weighted by molar-refractivity contribution is -0.0433. The molecule has 5 nitrogen and oxygen atoms in total. The first kappa shape index (κ1) is 17.7. The number of benzene rings is 2. The number of ether oxygens (including phenoxy) is 3. The zero-order valence-electron chi connectivity index (χ0n) is 14.9. The van der Waals surface area contributed by atoms with Gasteiger partial charge in [-0.1, -0.05) is 24.3 Å². The summed E-state index contributed by atoms with van der Waals surface area (Å²) in [5.74, 6) is 1.46. The van der Waals surface area contributed by atoms with Gasteiger partial charge in [0.25, 0.3) is 0 Å². The number of morpholine rings is 1. The van der Waals surface area contributed by atoms with Gasteiger partial charge < -0.3 is 24.6 Å². The summed E-state index contributed by atoms with van der Waals surface area (Å²) in [6.07, 6.45) is -0.602. The van der Waals surface area contributed by atoms with Crippen LogP contribution in [-0.4, -0.2) is 39.0 Å². The smallest absolute Gasteiger partial charge is 0.135 e. The van der Waals surface area contributed by atoms with Gasteiger partial charge in [0.15, 0.2) is 0 Å². The minimum absolute atomic E-state index is 0.564. The van der Waals surface area contributed by atoms with Crippen molar-refractivity contribution in [3.8, 4) is 11.5 Å². The molecule has 0 bridgehead atoms. The van der Waals surface area contributed by atoms with Crippen LogP contribution in [0.3, 0.4) is 0 Å². The van der Waals surface area contributed by atoms with E-state index < -0.39 is 11.7 Å². The molecule has 2 atom stereocenters. The van der Waals surface area contributed by atoms with E-state index in [0.717, 1.165) is 34.7 Å². The minimum atomic E-state index is -0.758. The molecule has 2 aromatic rings. The standard InChI is InChI=1S/C20H25NO4/c1-14(22)16-6-4-5-7-17(16)20(13-21-10-11-25-20)18-12-15(23-2)8-9-19(18)24-3/h4-9,12,14,21-22H,10-11,13H2,1-3H3. The molecule has 1 fully saturated rings. The van der Waals surface area contributed by atoms with Crippen molar-refractivity contribution in [1.82, 2.24) is 5.32 Å². The van der Waals surface area contributed by atoms with E-state index in [0.29, 0.717) is 13.2 Å². The first-order chi connectivity index (χ1) is 12.1. The van der Waals surface area contributed by atoms with E-state index in [4.69, 9.17) is 14.2 Å². The van der Waals surface area contributed by atoms with Gasteiger partial charge in [0.2, 0.25) is 0 Å². The molecule has 5 heteroatoms. The zero-order chi connectivity index (χ0) is 17.9. The van der Waals surface area contributed by atoms with Crippen molar-refractivity contribution < 1.29 is 19.3 Å². The number of aliphatic hydroxyl groups excluding tert-OH is 1. The van der Waals surface area contributed by atoms with Gasteiger partial charge >= 0.3 is 0 Å². The quantitative estimate of drug-likeness (QED) is 0.874. The maximum absolute atomic E-state index is 10.3. The van der Waals surface area contributed by atoms with Crippen LogP contribution in [0, 0.1) is 0 Å². The molecular weight excluding hydrogens is 318 g/mol. The Morgan fingerprint density at radius 3 is 2.56 bits per heavy atom. The van der Waals surface area contributed by atoms with Crippen molar-refractivity contribution in [2.75, 3.05) is 33.9 Å². The van der Waals surface area contributed by atoms with Crippen LogP contribution in [0.15, 0.2) is 42.5 Å². The van der Waals surface area contributed by atoms with Gasteiger partial charge in [0.05, 0.1) is 26.9 Å². The molecule has 0 saturated carbocycles. The Morgan fingerprint density at radius 2 is 1.92 bits per heavy atom. The third kappa shape index (κ3) is 3.23. The summed E-state index contributed by atoms with van der Waals surface area (Å²) in [6, 6.07) is 13.5. The lowest BCUT2D eigenvalue weighted by Gasteiger charge is -2.40. The van der Waals surface area contributed by atoms with Gasteiger partial charge in [-0.2, -0.15) is 0 Å². The van der Waals surface area contributed by atoms with Crippen LogP contribution in [0.2, 0.25) is 0 Å². The van der Waals surface area contributed by atoms with Gasteiger partial charge in [-0.3, -0.25) is 0 Å². The SMILES string of the molecule is COc1ccc(OC)c(C2(c3ccccc3C(C)O)CNCCO2)c1. The monoisotopic (exact) mass is 343 g/mol. The van der Waals surface area contributed by atoms with Crippen molar-refractivity contribution in [2.24, 2.45) is 0 Å². The molecule has 2 unspecified atom stereocenters. The van der Waals surface area contributed by atoms with Crippen molar-refractivity contribution in [2.45, 2.75) is 18.6 Å². The molecule has 134 valence electrons. The van der Waals surface area contributed by atoms with Crippen LogP contribution in [-0.2, 0) is 10.3 Å². The summed E-state index contributed by atoms with van der Waals surface area (Å²) < 4.78 is 17.4. The summed E-state index contributed by atoms with van der Waals surface area (Å²) in [4.78, 5) is 0. The fraction of sp³-hybridized carbons (Fsp3) is 0.400. The van der Waals surface area contributed by atoms with Crippen molar-refractivity contribution >= 4 is 0 Å². The van der Waals surface area contributed by atoms with E-state index in [-0.39, 0.29) is 0 Å².